The molecule has 3 N–H and O–H groups in total. The Morgan fingerprint density at radius 1 is 1.13 bits per heavy atom. The van der Waals surface area contributed by atoms with Crippen molar-refractivity contribution < 1.29 is 19.1 Å². The van der Waals surface area contributed by atoms with Crippen molar-refractivity contribution in [3.63, 3.8) is 0 Å². The lowest BCUT2D eigenvalue weighted by Crippen LogP contribution is -2.30. The molecule has 1 aliphatic carbocycles. The number of carbonyl (C=O) groups excluding carboxylic acids is 1. The van der Waals surface area contributed by atoms with Crippen LogP contribution in [-0.2, 0) is 9.59 Å². The summed E-state index contributed by atoms with van der Waals surface area (Å²) in [5.74, 6) is -1.96. The Labute approximate surface area is 135 Å². The fourth-order valence-corrected chi connectivity index (χ4v) is 2.89. The molecule has 1 amide bonds. The molecule has 0 unspecified atom stereocenters. The largest absolute Gasteiger partial charge is 0.481 e. The molecule has 1 aromatic rings. The van der Waals surface area contributed by atoms with Crippen LogP contribution < -0.4 is 10.6 Å². The van der Waals surface area contributed by atoms with Crippen LogP contribution in [0.1, 0.15) is 39.5 Å². The van der Waals surface area contributed by atoms with E-state index in [9.17, 15) is 14.0 Å². The Morgan fingerprint density at radius 3 is 2.30 bits per heavy atom. The molecule has 0 heterocycles. The van der Waals surface area contributed by atoms with E-state index in [-0.39, 0.29) is 23.8 Å². The number of benzene rings is 1. The minimum Gasteiger partial charge on any atom is -0.481 e. The molecule has 0 aliphatic heterocycles. The molecule has 0 radical (unpaired) electrons. The van der Waals surface area contributed by atoms with E-state index in [0.29, 0.717) is 37.1 Å². The lowest BCUT2D eigenvalue weighted by Gasteiger charge is -2.25. The van der Waals surface area contributed by atoms with Gasteiger partial charge in [-0.15, -0.1) is 0 Å². The molecule has 5 nitrogen and oxygen atoms in total. The van der Waals surface area contributed by atoms with Gasteiger partial charge in [0.1, 0.15) is 5.82 Å². The second-order valence-electron chi connectivity index (χ2n) is 6.36. The van der Waals surface area contributed by atoms with Crippen LogP contribution in [0, 0.1) is 17.7 Å². The van der Waals surface area contributed by atoms with E-state index in [4.69, 9.17) is 5.11 Å². The number of halogens is 1. The van der Waals surface area contributed by atoms with Crippen molar-refractivity contribution >= 4 is 23.3 Å². The van der Waals surface area contributed by atoms with Gasteiger partial charge in [0.2, 0.25) is 5.91 Å². The van der Waals surface area contributed by atoms with Crippen LogP contribution in [-0.4, -0.2) is 23.0 Å². The zero-order valence-electron chi connectivity index (χ0n) is 13.4. The second-order valence-corrected chi connectivity index (χ2v) is 6.36. The summed E-state index contributed by atoms with van der Waals surface area (Å²) in [4.78, 5) is 23.3. The molecular weight excluding hydrogens is 299 g/mol. The van der Waals surface area contributed by atoms with Crippen molar-refractivity contribution in [1.29, 1.82) is 0 Å². The Morgan fingerprint density at radius 2 is 1.74 bits per heavy atom. The number of carboxylic acid groups (broad SMARTS) is 1. The lowest BCUT2D eigenvalue weighted by atomic mass is 9.81. The average Bonchev–Trinajstić information content (AvgIpc) is 2.49. The minimum atomic E-state index is -0.794. The maximum atomic E-state index is 13.5. The van der Waals surface area contributed by atoms with Crippen LogP contribution >= 0.6 is 0 Å². The third kappa shape index (κ3) is 4.68. The van der Waals surface area contributed by atoms with Gasteiger partial charge in [-0.25, -0.2) is 4.39 Å². The minimum absolute atomic E-state index is 0.155. The van der Waals surface area contributed by atoms with Crippen LogP contribution in [0.25, 0.3) is 0 Å². The second kappa shape index (κ2) is 7.44. The summed E-state index contributed by atoms with van der Waals surface area (Å²) < 4.78 is 13.5. The van der Waals surface area contributed by atoms with Crippen molar-refractivity contribution in [2.75, 3.05) is 10.6 Å². The van der Waals surface area contributed by atoms with Gasteiger partial charge in [-0.1, -0.05) is 0 Å². The molecule has 126 valence electrons. The van der Waals surface area contributed by atoms with Crippen LogP contribution in [0.4, 0.5) is 15.8 Å². The zero-order valence-corrected chi connectivity index (χ0v) is 13.4. The standard InChI is InChI=1S/C17H23FN2O3/c1-10(2)19-14-8-7-13(18)9-15(14)20-16(21)11-3-5-12(6-4-11)17(22)23/h7-12,19H,3-6H2,1-2H3,(H,20,21)(H,22,23). The Hall–Kier alpha value is -2.11. The van der Waals surface area contributed by atoms with E-state index in [1.54, 1.807) is 6.07 Å². The predicted molar refractivity (Wildman–Crippen MR) is 86.9 cm³/mol. The number of amides is 1. The number of anilines is 2. The fraction of sp³-hybridized carbons (Fsp3) is 0.529. The van der Waals surface area contributed by atoms with Gasteiger partial charge in [-0.05, 0) is 57.7 Å². The normalized spacial score (nSPS) is 21.0. The van der Waals surface area contributed by atoms with Gasteiger partial charge in [-0.2, -0.15) is 0 Å². The summed E-state index contributed by atoms with van der Waals surface area (Å²) in [5.41, 5.74) is 1.10. The van der Waals surface area contributed by atoms with Crippen LogP contribution in [0.3, 0.4) is 0 Å². The quantitative estimate of drug-likeness (QED) is 0.775. The van der Waals surface area contributed by atoms with Gasteiger partial charge in [0.15, 0.2) is 0 Å². The van der Waals surface area contributed by atoms with Gasteiger partial charge in [0.05, 0.1) is 17.3 Å². The molecule has 6 heteroatoms. The molecule has 0 spiro atoms. The SMILES string of the molecule is CC(C)Nc1ccc(F)cc1NC(=O)C1CCC(C(=O)O)CC1. The molecule has 1 aliphatic rings. The van der Waals surface area contributed by atoms with Gasteiger partial charge >= 0.3 is 5.97 Å². The van der Waals surface area contributed by atoms with Crippen molar-refractivity contribution in [2.45, 2.75) is 45.6 Å². The van der Waals surface area contributed by atoms with E-state index >= 15 is 0 Å². The van der Waals surface area contributed by atoms with Crippen LogP contribution in [0.5, 0.6) is 0 Å². The molecule has 0 bridgehead atoms. The van der Waals surface area contributed by atoms with Gasteiger partial charge < -0.3 is 15.7 Å². The highest BCUT2D eigenvalue weighted by molar-refractivity contribution is 5.95. The molecule has 1 fully saturated rings. The highest BCUT2D eigenvalue weighted by Gasteiger charge is 2.30. The van der Waals surface area contributed by atoms with E-state index in [0.717, 1.165) is 0 Å². The van der Waals surface area contributed by atoms with Gasteiger partial charge in [0.25, 0.3) is 0 Å². The van der Waals surface area contributed by atoms with Crippen molar-refractivity contribution in [1.82, 2.24) is 0 Å². The fourth-order valence-electron chi connectivity index (χ4n) is 2.89. The Kier molecular flexibility index (Phi) is 5.58. The summed E-state index contributed by atoms with van der Waals surface area (Å²) >= 11 is 0. The first-order valence-electron chi connectivity index (χ1n) is 7.96. The number of nitrogens with one attached hydrogen (secondary N) is 2. The first-order valence-corrected chi connectivity index (χ1v) is 7.96. The van der Waals surface area contributed by atoms with Crippen molar-refractivity contribution in [2.24, 2.45) is 11.8 Å². The first kappa shape index (κ1) is 17.2. The maximum absolute atomic E-state index is 13.5. The van der Waals surface area contributed by atoms with E-state index < -0.39 is 11.8 Å². The number of hydrogen-bond donors (Lipinski definition) is 3. The molecule has 2 rings (SSSR count). The summed E-state index contributed by atoms with van der Waals surface area (Å²) in [7, 11) is 0. The zero-order chi connectivity index (χ0) is 17.0. The number of hydrogen-bond acceptors (Lipinski definition) is 3. The number of rotatable bonds is 5. The van der Waals surface area contributed by atoms with Crippen molar-refractivity contribution in [3.05, 3.63) is 24.0 Å². The topological polar surface area (TPSA) is 78.4 Å². The smallest absolute Gasteiger partial charge is 0.306 e. The highest BCUT2D eigenvalue weighted by Crippen LogP contribution is 2.31. The number of carboxylic acids is 1. The number of carbonyl (C=O) groups is 2. The molecule has 0 atom stereocenters. The molecule has 0 aromatic heterocycles. The van der Waals surface area contributed by atoms with Crippen molar-refractivity contribution in [3.8, 4) is 0 Å². The third-order valence-corrected chi connectivity index (χ3v) is 4.13. The summed E-state index contributed by atoms with van der Waals surface area (Å²) in [6.07, 6.45) is 2.11. The highest BCUT2D eigenvalue weighted by atomic mass is 19.1. The Bertz CT molecular complexity index is 581. The average molecular weight is 322 g/mol. The van der Waals surface area contributed by atoms with E-state index in [1.807, 2.05) is 13.8 Å². The van der Waals surface area contributed by atoms with Gasteiger partial charge in [-0.3, -0.25) is 9.59 Å². The lowest BCUT2D eigenvalue weighted by molar-refractivity contribution is -0.143. The molecule has 1 saturated carbocycles. The van der Waals surface area contributed by atoms with Crippen LogP contribution in [0.2, 0.25) is 0 Å². The molecular formula is C17H23FN2O3. The Balaban J connectivity index is 2.03. The summed E-state index contributed by atoms with van der Waals surface area (Å²) in [6, 6.07) is 4.40. The van der Waals surface area contributed by atoms with Crippen LogP contribution in [0.15, 0.2) is 18.2 Å². The van der Waals surface area contributed by atoms with Gasteiger partial charge in [0, 0.05) is 12.0 Å². The molecule has 23 heavy (non-hydrogen) atoms. The van der Waals surface area contributed by atoms with E-state index in [2.05, 4.69) is 10.6 Å². The summed E-state index contributed by atoms with van der Waals surface area (Å²) in [5, 5.41) is 15.0. The number of aliphatic carboxylic acids is 1. The van der Waals surface area contributed by atoms with E-state index in [1.165, 1.54) is 12.1 Å². The maximum Gasteiger partial charge on any atom is 0.306 e. The molecule has 0 saturated heterocycles. The first-order chi connectivity index (χ1) is 10.9. The third-order valence-electron chi connectivity index (χ3n) is 4.13. The predicted octanol–water partition coefficient (Wildman–Crippen LogP) is 3.48. The molecule has 1 aromatic carbocycles. The monoisotopic (exact) mass is 322 g/mol. The summed E-state index contributed by atoms with van der Waals surface area (Å²) in [6.45, 7) is 3.92.